The lowest BCUT2D eigenvalue weighted by Gasteiger charge is -2.20. The number of benzene rings is 2. The van der Waals surface area contributed by atoms with E-state index < -0.39 is 6.10 Å². The molecule has 0 radical (unpaired) electrons. The number of aliphatic hydroxyl groups is 1. The Balaban J connectivity index is 1.63. The first-order valence-electron chi connectivity index (χ1n) is 11.8. The van der Waals surface area contributed by atoms with Gasteiger partial charge in [-0.15, -0.1) is 5.10 Å². The normalized spacial score (nSPS) is 12.9. The molecule has 190 valence electrons. The molecule has 0 bridgehead atoms. The van der Waals surface area contributed by atoms with Gasteiger partial charge in [-0.2, -0.15) is 0 Å². The van der Waals surface area contributed by atoms with Crippen molar-refractivity contribution < 1.29 is 19.3 Å². The van der Waals surface area contributed by atoms with Crippen LogP contribution in [0.15, 0.2) is 47.3 Å². The van der Waals surface area contributed by atoms with E-state index in [2.05, 4.69) is 32.4 Å². The summed E-state index contributed by atoms with van der Waals surface area (Å²) in [7, 11) is 4.64. The van der Waals surface area contributed by atoms with Crippen LogP contribution in [0.1, 0.15) is 42.8 Å². The van der Waals surface area contributed by atoms with Crippen LogP contribution in [-0.2, 0) is 12.8 Å². The third-order valence-corrected chi connectivity index (χ3v) is 6.16. The van der Waals surface area contributed by atoms with Gasteiger partial charge in [-0.3, -0.25) is 4.79 Å². The van der Waals surface area contributed by atoms with E-state index in [9.17, 15) is 9.90 Å². The largest absolute Gasteiger partial charge is 0.493 e. The molecule has 36 heavy (non-hydrogen) atoms. The molecule has 2 atom stereocenters. The monoisotopic (exact) mass is 493 g/mol. The molecule has 4 aromatic rings. The third-order valence-electron chi connectivity index (χ3n) is 6.16. The summed E-state index contributed by atoms with van der Waals surface area (Å²) in [6, 6.07) is 13.4. The van der Waals surface area contributed by atoms with Crippen molar-refractivity contribution in [2.24, 2.45) is 0 Å². The second kappa shape index (κ2) is 11.2. The van der Waals surface area contributed by atoms with E-state index in [1.165, 1.54) is 5.56 Å². The summed E-state index contributed by atoms with van der Waals surface area (Å²) in [6.45, 7) is 1.71. The summed E-state index contributed by atoms with van der Waals surface area (Å²) in [4.78, 5) is 20.3. The Morgan fingerprint density at radius 1 is 1.03 bits per heavy atom. The summed E-state index contributed by atoms with van der Waals surface area (Å²) >= 11 is 0. The van der Waals surface area contributed by atoms with Crippen LogP contribution in [0.2, 0.25) is 0 Å². The van der Waals surface area contributed by atoms with Gasteiger partial charge in [0, 0.05) is 6.42 Å². The van der Waals surface area contributed by atoms with E-state index in [-0.39, 0.29) is 17.1 Å². The van der Waals surface area contributed by atoms with Gasteiger partial charge in [0.05, 0.1) is 33.5 Å². The molecule has 0 saturated heterocycles. The van der Waals surface area contributed by atoms with Crippen molar-refractivity contribution in [3.63, 3.8) is 0 Å². The number of aromatic nitrogens is 5. The number of aromatic amines is 1. The second-order valence-corrected chi connectivity index (χ2v) is 8.61. The van der Waals surface area contributed by atoms with Gasteiger partial charge in [-0.25, -0.2) is 9.67 Å². The smallest absolute Gasteiger partial charge is 0.281 e. The number of aryl methyl sites for hydroxylation is 1. The van der Waals surface area contributed by atoms with E-state index in [1.807, 2.05) is 30.3 Å². The Bertz CT molecular complexity index is 1340. The number of rotatable bonds is 11. The Morgan fingerprint density at radius 2 is 1.72 bits per heavy atom. The van der Waals surface area contributed by atoms with Crippen molar-refractivity contribution in [1.29, 1.82) is 0 Å². The Kier molecular flexibility index (Phi) is 7.84. The number of hydrogen-bond donors (Lipinski definition) is 2. The van der Waals surface area contributed by atoms with Crippen LogP contribution < -0.4 is 19.8 Å². The molecular weight excluding hydrogens is 462 g/mol. The summed E-state index contributed by atoms with van der Waals surface area (Å²) in [5.41, 5.74) is 2.12. The van der Waals surface area contributed by atoms with Crippen LogP contribution in [0.4, 0.5) is 0 Å². The molecule has 2 aromatic heterocycles. The highest BCUT2D eigenvalue weighted by molar-refractivity contribution is 5.68. The zero-order valence-corrected chi connectivity index (χ0v) is 20.9. The van der Waals surface area contributed by atoms with Gasteiger partial charge in [0.1, 0.15) is 5.82 Å². The molecule has 0 amide bonds. The zero-order chi connectivity index (χ0) is 25.7. The number of nitrogens with one attached hydrogen (secondary N) is 1. The predicted octanol–water partition coefficient (Wildman–Crippen LogP) is 3.08. The lowest BCUT2D eigenvalue weighted by atomic mass is 10.0. The molecule has 0 spiro atoms. The van der Waals surface area contributed by atoms with E-state index in [4.69, 9.17) is 14.2 Å². The average molecular weight is 494 g/mol. The summed E-state index contributed by atoms with van der Waals surface area (Å²) < 4.78 is 17.8. The van der Waals surface area contributed by atoms with Gasteiger partial charge in [0.25, 0.3) is 5.56 Å². The van der Waals surface area contributed by atoms with Crippen LogP contribution >= 0.6 is 0 Å². The molecule has 2 aromatic carbocycles. The van der Waals surface area contributed by atoms with Crippen LogP contribution in [0, 0.1) is 0 Å². The Labute approximate surface area is 208 Å². The lowest BCUT2D eigenvalue weighted by Crippen LogP contribution is -2.24. The van der Waals surface area contributed by atoms with Gasteiger partial charge < -0.3 is 24.3 Å². The average Bonchev–Trinajstić information content (AvgIpc) is 3.30. The maximum absolute atomic E-state index is 12.8. The lowest BCUT2D eigenvalue weighted by molar-refractivity contribution is 0.117. The molecule has 0 aliphatic heterocycles. The number of methoxy groups -OCH3 is 3. The molecule has 0 aliphatic carbocycles. The van der Waals surface area contributed by atoms with Crippen molar-refractivity contribution in [3.05, 3.63) is 69.8 Å². The van der Waals surface area contributed by atoms with Crippen molar-refractivity contribution in [3.8, 4) is 17.2 Å². The number of H-pyrrole nitrogens is 1. The Morgan fingerprint density at radius 3 is 2.33 bits per heavy atom. The minimum absolute atomic E-state index is 0.136. The van der Waals surface area contributed by atoms with Crippen LogP contribution in [0.3, 0.4) is 0 Å². The molecule has 4 rings (SSSR count). The van der Waals surface area contributed by atoms with Crippen LogP contribution in [0.25, 0.3) is 11.2 Å². The van der Waals surface area contributed by atoms with E-state index in [0.717, 1.165) is 18.4 Å². The van der Waals surface area contributed by atoms with Gasteiger partial charge in [-0.05, 0) is 49.4 Å². The number of ether oxygens (including phenoxy) is 3. The first-order chi connectivity index (χ1) is 17.4. The van der Waals surface area contributed by atoms with E-state index in [1.54, 1.807) is 32.9 Å². The molecule has 0 saturated carbocycles. The molecule has 2 unspecified atom stereocenters. The molecule has 10 heteroatoms. The van der Waals surface area contributed by atoms with E-state index >= 15 is 0 Å². The predicted molar refractivity (Wildman–Crippen MR) is 135 cm³/mol. The quantitative estimate of drug-likeness (QED) is 0.327. The van der Waals surface area contributed by atoms with Crippen molar-refractivity contribution in [1.82, 2.24) is 25.0 Å². The fraction of sp³-hybridized carbons (Fsp3) is 0.385. The number of hydrogen-bond acceptors (Lipinski definition) is 8. The molecule has 0 fully saturated rings. The maximum Gasteiger partial charge on any atom is 0.281 e. The second-order valence-electron chi connectivity index (χ2n) is 8.61. The van der Waals surface area contributed by atoms with Gasteiger partial charge in [-0.1, -0.05) is 35.5 Å². The van der Waals surface area contributed by atoms with Gasteiger partial charge in [0.15, 0.2) is 22.7 Å². The first kappa shape index (κ1) is 25.2. The fourth-order valence-electron chi connectivity index (χ4n) is 4.35. The highest BCUT2D eigenvalue weighted by Crippen LogP contribution is 2.38. The number of aliphatic hydroxyl groups excluding tert-OH is 1. The molecular formula is C26H31N5O5. The standard InChI is InChI=1S/C26H31N5O5/c1-16(32)19(12-8-11-17-9-6-5-7-10-17)31-25-23(29-30-31)26(33)28-22(27-25)15-18-13-20(34-2)24(36-4)21(14-18)35-3/h5-7,9-10,13-14,16,19,32H,8,11-12,15H2,1-4H3,(H,27,28,33). The zero-order valence-electron chi connectivity index (χ0n) is 20.9. The van der Waals surface area contributed by atoms with Crippen molar-refractivity contribution in [2.45, 2.75) is 44.8 Å². The van der Waals surface area contributed by atoms with Crippen LogP contribution in [-0.4, -0.2) is 57.5 Å². The molecule has 10 nitrogen and oxygen atoms in total. The maximum atomic E-state index is 12.8. The summed E-state index contributed by atoms with van der Waals surface area (Å²) in [5.74, 6) is 1.93. The fourth-order valence-corrected chi connectivity index (χ4v) is 4.35. The highest BCUT2D eigenvalue weighted by Gasteiger charge is 2.23. The molecule has 2 N–H and O–H groups in total. The van der Waals surface area contributed by atoms with Crippen molar-refractivity contribution in [2.75, 3.05) is 21.3 Å². The van der Waals surface area contributed by atoms with Gasteiger partial charge in [0.2, 0.25) is 5.75 Å². The summed E-state index contributed by atoms with van der Waals surface area (Å²) in [6.07, 6.45) is 1.96. The minimum atomic E-state index is -0.703. The molecule has 0 aliphatic rings. The topological polar surface area (TPSA) is 124 Å². The van der Waals surface area contributed by atoms with Crippen LogP contribution in [0.5, 0.6) is 17.2 Å². The highest BCUT2D eigenvalue weighted by atomic mass is 16.5. The third kappa shape index (κ3) is 5.33. The SMILES string of the molecule is COc1cc(Cc2nc3c(nnn3C(CCCc3ccccc3)C(C)O)c(=O)[nH]2)cc(OC)c1OC. The first-order valence-corrected chi connectivity index (χ1v) is 11.8. The Hall–Kier alpha value is -3.92. The minimum Gasteiger partial charge on any atom is -0.493 e. The van der Waals surface area contributed by atoms with Gasteiger partial charge >= 0.3 is 0 Å². The summed E-state index contributed by atoms with van der Waals surface area (Å²) in [5, 5.41) is 18.8. The molecule has 2 heterocycles. The van der Waals surface area contributed by atoms with E-state index in [0.29, 0.717) is 41.6 Å². The number of nitrogens with zero attached hydrogens (tertiary/aromatic N) is 4. The van der Waals surface area contributed by atoms with Crippen molar-refractivity contribution >= 4 is 11.2 Å². The number of fused-ring (bicyclic) bond motifs is 1.